The summed E-state index contributed by atoms with van der Waals surface area (Å²) in [7, 11) is 1.39. The molecule has 0 saturated heterocycles. The van der Waals surface area contributed by atoms with Crippen molar-refractivity contribution >= 4 is 69.1 Å². The van der Waals surface area contributed by atoms with Gasteiger partial charge in [0.25, 0.3) is 5.91 Å². The summed E-state index contributed by atoms with van der Waals surface area (Å²) in [5, 5.41) is 14.5. The first kappa shape index (κ1) is 19.4. The van der Waals surface area contributed by atoms with Crippen molar-refractivity contribution in [2.45, 2.75) is 0 Å². The summed E-state index contributed by atoms with van der Waals surface area (Å²) in [6.07, 6.45) is 0. The fourth-order valence-electron chi connectivity index (χ4n) is 1.98. The minimum Gasteiger partial charge on any atom is -0.493 e. The van der Waals surface area contributed by atoms with E-state index in [9.17, 15) is 9.59 Å². The van der Waals surface area contributed by atoms with E-state index in [0.717, 1.165) is 3.57 Å². The Morgan fingerprint density at radius 2 is 1.96 bits per heavy atom. The number of nitrogens with one attached hydrogen (secondary N) is 2. The molecule has 3 N–H and O–H groups in total. The molecule has 0 unspecified atom stereocenters. The number of carboxylic acids is 1. The van der Waals surface area contributed by atoms with Crippen LogP contribution in [0, 0.1) is 3.57 Å². The lowest BCUT2D eigenvalue weighted by Gasteiger charge is -2.15. The molecule has 0 spiro atoms. The standard InChI is InChI=1S/C16H12ClIN2O4S/c1-24-13-11(17)6-9(15(22)23)7-12(13)19-16(25)20-14(21)8-3-2-4-10(18)5-8/h2-7H,1H3,(H,22,23)(H2,19,20,21,25). The van der Waals surface area contributed by atoms with Crippen molar-refractivity contribution in [1.82, 2.24) is 5.32 Å². The minimum absolute atomic E-state index is 0.0132. The number of thiocarbonyl (C=S) groups is 1. The largest absolute Gasteiger partial charge is 0.493 e. The molecule has 2 aromatic rings. The first-order valence-electron chi connectivity index (χ1n) is 6.80. The smallest absolute Gasteiger partial charge is 0.335 e. The predicted molar refractivity (Wildman–Crippen MR) is 108 cm³/mol. The number of hydrogen-bond acceptors (Lipinski definition) is 4. The predicted octanol–water partition coefficient (Wildman–Crippen LogP) is 3.78. The SMILES string of the molecule is COc1c(Cl)cc(C(=O)O)cc1NC(=S)NC(=O)c1cccc(I)c1. The van der Waals surface area contributed by atoms with Crippen LogP contribution in [0.2, 0.25) is 5.02 Å². The first-order valence-corrected chi connectivity index (χ1v) is 8.67. The number of ether oxygens (including phenoxy) is 1. The molecule has 0 saturated carbocycles. The molecule has 9 heteroatoms. The Labute approximate surface area is 167 Å². The average molecular weight is 491 g/mol. The van der Waals surface area contributed by atoms with Gasteiger partial charge in [-0.25, -0.2) is 4.79 Å². The molecule has 0 aromatic heterocycles. The lowest BCUT2D eigenvalue weighted by atomic mass is 10.2. The topological polar surface area (TPSA) is 87.7 Å². The average Bonchev–Trinajstić information content (AvgIpc) is 2.54. The van der Waals surface area contributed by atoms with Gasteiger partial charge < -0.3 is 15.2 Å². The molecule has 1 amide bonds. The van der Waals surface area contributed by atoms with Gasteiger partial charge in [-0.15, -0.1) is 0 Å². The summed E-state index contributed by atoms with van der Waals surface area (Å²) in [5.41, 5.74) is 0.640. The highest BCUT2D eigenvalue weighted by molar-refractivity contribution is 14.1. The van der Waals surface area contributed by atoms with Crippen LogP contribution in [0.4, 0.5) is 5.69 Å². The Bertz CT molecular complexity index is 860. The van der Waals surface area contributed by atoms with Crippen molar-refractivity contribution in [3.63, 3.8) is 0 Å². The Balaban J connectivity index is 2.19. The number of anilines is 1. The van der Waals surface area contributed by atoms with Crippen molar-refractivity contribution in [3.05, 3.63) is 56.1 Å². The quantitative estimate of drug-likeness (QED) is 0.447. The van der Waals surface area contributed by atoms with E-state index in [2.05, 4.69) is 33.2 Å². The molecule has 0 fully saturated rings. The second-order valence-corrected chi connectivity index (χ2v) is 6.82. The van der Waals surface area contributed by atoms with Crippen LogP contribution < -0.4 is 15.4 Å². The van der Waals surface area contributed by atoms with Gasteiger partial charge in [0.05, 0.1) is 23.4 Å². The van der Waals surface area contributed by atoms with Crippen LogP contribution >= 0.6 is 46.4 Å². The van der Waals surface area contributed by atoms with Gasteiger partial charge in [0, 0.05) is 9.13 Å². The van der Waals surface area contributed by atoms with Crippen LogP contribution in [0.25, 0.3) is 0 Å². The van der Waals surface area contributed by atoms with E-state index in [1.165, 1.54) is 19.2 Å². The number of methoxy groups -OCH3 is 1. The van der Waals surface area contributed by atoms with E-state index in [1.54, 1.807) is 18.2 Å². The van der Waals surface area contributed by atoms with Crippen molar-refractivity contribution in [3.8, 4) is 5.75 Å². The summed E-state index contributed by atoms with van der Waals surface area (Å²) >= 11 is 13.2. The molecule has 0 heterocycles. The number of halogens is 2. The van der Waals surface area contributed by atoms with Crippen molar-refractivity contribution < 1.29 is 19.4 Å². The zero-order valence-electron chi connectivity index (χ0n) is 12.8. The third-order valence-electron chi connectivity index (χ3n) is 3.06. The number of amides is 1. The van der Waals surface area contributed by atoms with Gasteiger partial charge >= 0.3 is 5.97 Å². The van der Waals surface area contributed by atoms with Crippen LogP contribution in [-0.4, -0.2) is 29.2 Å². The van der Waals surface area contributed by atoms with Gasteiger partial charge in [0.15, 0.2) is 10.9 Å². The highest BCUT2D eigenvalue weighted by Crippen LogP contribution is 2.34. The summed E-state index contributed by atoms with van der Waals surface area (Å²) in [6, 6.07) is 9.56. The zero-order chi connectivity index (χ0) is 18.6. The number of benzene rings is 2. The lowest BCUT2D eigenvalue weighted by Crippen LogP contribution is -2.34. The van der Waals surface area contributed by atoms with Gasteiger partial charge in [0.1, 0.15) is 0 Å². The van der Waals surface area contributed by atoms with Crippen molar-refractivity contribution in [1.29, 1.82) is 0 Å². The lowest BCUT2D eigenvalue weighted by molar-refractivity contribution is 0.0696. The van der Waals surface area contributed by atoms with Crippen LogP contribution in [0.3, 0.4) is 0 Å². The van der Waals surface area contributed by atoms with E-state index in [0.29, 0.717) is 5.56 Å². The molecule has 0 radical (unpaired) electrons. The van der Waals surface area contributed by atoms with E-state index in [-0.39, 0.29) is 27.1 Å². The Kier molecular flexibility index (Phi) is 6.57. The highest BCUT2D eigenvalue weighted by atomic mass is 127. The zero-order valence-corrected chi connectivity index (χ0v) is 16.5. The third kappa shape index (κ3) is 5.03. The number of carbonyl (C=O) groups excluding carboxylic acids is 1. The molecule has 0 aliphatic carbocycles. The summed E-state index contributed by atoms with van der Waals surface area (Å²) in [4.78, 5) is 23.4. The number of hydrogen-bond donors (Lipinski definition) is 3. The number of aromatic carboxylic acids is 1. The van der Waals surface area contributed by atoms with Crippen molar-refractivity contribution in [2.75, 3.05) is 12.4 Å². The molecule has 0 bridgehead atoms. The molecule has 2 rings (SSSR count). The molecular formula is C16H12ClIN2O4S. The molecule has 0 aliphatic heterocycles. The molecule has 130 valence electrons. The molecule has 0 aliphatic rings. The maximum Gasteiger partial charge on any atom is 0.335 e. The van der Waals surface area contributed by atoms with Crippen LogP contribution in [0.1, 0.15) is 20.7 Å². The van der Waals surface area contributed by atoms with E-state index in [4.69, 9.17) is 33.7 Å². The summed E-state index contributed by atoms with van der Waals surface area (Å²) in [6.45, 7) is 0. The Hall–Kier alpha value is -1.91. The van der Waals surface area contributed by atoms with Gasteiger partial charge in [-0.2, -0.15) is 0 Å². The van der Waals surface area contributed by atoms with Crippen LogP contribution in [0.5, 0.6) is 5.75 Å². The highest BCUT2D eigenvalue weighted by Gasteiger charge is 2.16. The van der Waals surface area contributed by atoms with E-state index >= 15 is 0 Å². The Morgan fingerprint density at radius 1 is 1.24 bits per heavy atom. The maximum absolute atomic E-state index is 12.2. The fourth-order valence-corrected chi connectivity index (χ4v) is 3.02. The number of rotatable bonds is 4. The second kappa shape index (κ2) is 8.45. The number of carbonyl (C=O) groups is 2. The van der Waals surface area contributed by atoms with Crippen LogP contribution in [0.15, 0.2) is 36.4 Å². The normalized spacial score (nSPS) is 10.0. The van der Waals surface area contributed by atoms with Gasteiger partial charge in [-0.05, 0) is 65.1 Å². The molecule has 2 aromatic carbocycles. The van der Waals surface area contributed by atoms with E-state index < -0.39 is 11.9 Å². The first-order chi connectivity index (χ1) is 11.8. The van der Waals surface area contributed by atoms with Crippen LogP contribution in [-0.2, 0) is 0 Å². The van der Waals surface area contributed by atoms with Crippen molar-refractivity contribution in [2.24, 2.45) is 0 Å². The van der Waals surface area contributed by atoms with Gasteiger partial charge in [-0.1, -0.05) is 17.7 Å². The number of carboxylic acid groups (broad SMARTS) is 1. The Morgan fingerprint density at radius 3 is 2.56 bits per heavy atom. The second-order valence-electron chi connectivity index (χ2n) is 4.76. The summed E-state index contributed by atoms with van der Waals surface area (Å²) in [5.74, 6) is -1.32. The summed E-state index contributed by atoms with van der Waals surface area (Å²) < 4.78 is 6.07. The molecular weight excluding hydrogens is 479 g/mol. The minimum atomic E-state index is -1.15. The van der Waals surface area contributed by atoms with E-state index in [1.807, 2.05) is 6.07 Å². The molecule has 6 nitrogen and oxygen atoms in total. The fraction of sp³-hybridized carbons (Fsp3) is 0.0625. The third-order valence-corrected chi connectivity index (χ3v) is 4.21. The van der Waals surface area contributed by atoms with Gasteiger partial charge in [-0.3, -0.25) is 10.1 Å². The maximum atomic E-state index is 12.2. The van der Waals surface area contributed by atoms with Gasteiger partial charge in [0.2, 0.25) is 0 Å². The monoisotopic (exact) mass is 490 g/mol. The molecule has 0 atom stereocenters. The molecule has 25 heavy (non-hydrogen) atoms.